The number of carbonyl (C=O) groups is 3. The van der Waals surface area contributed by atoms with Gasteiger partial charge in [0.1, 0.15) is 5.00 Å². The van der Waals surface area contributed by atoms with E-state index < -0.39 is 18.5 Å². The Morgan fingerprint density at radius 3 is 2.59 bits per heavy atom. The van der Waals surface area contributed by atoms with Crippen LogP contribution in [-0.4, -0.2) is 24.4 Å². The van der Waals surface area contributed by atoms with Gasteiger partial charge in [-0.3, -0.25) is 9.59 Å². The molecule has 1 atom stereocenters. The lowest BCUT2D eigenvalue weighted by molar-refractivity contribution is -0.124. The SMILES string of the molecule is CC(=O)Nc1sc(C)c(C)c1C(=O)OCC(=O)N[C@@H](C)c1cccc(Cl)c1. The lowest BCUT2D eigenvalue weighted by atomic mass is 10.1. The van der Waals surface area contributed by atoms with Gasteiger partial charge in [0.05, 0.1) is 11.6 Å². The Kier molecular flexibility index (Phi) is 6.98. The quantitative estimate of drug-likeness (QED) is 0.707. The fourth-order valence-corrected chi connectivity index (χ4v) is 3.76. The smallest absolute Gasteiger partial charge is 0.341 e. The van der Waals surface area contributed by atoms with E-state index in [9.17, 15) is 14.4 Å². The Bertz CT molecular complexity index is 879. The highest BCUT2D eigenvalue weighted by atomic mass is 35.5. The Hall–Kier alpha value is -2.38. The van der Waals surface area contributed by atoms with Gasteiger partial charge in [-0.15, -0.1) is 11.3 Å². The lowest BCUT2D eigenvalue weighted by Gasteiger charge is -2.15. The summed E-state index contributed by atoms with van der Waals surface area (Å²) >= 11 is 7.25. The molecule has 0 aliphatic heterocycles. The molecule has 1 aromatic carbocycles. The van der Waals surface area contributed by atoms with Crippen LogP contribution in [0.3, 0.4) is 0 Å². The van der Waals surface area contributed by atoms with Crippen LogP contribution in [0, 0.1) is 13.8 Å². The van der Waals surface area contributed by atoms with Crippen LogP contribution >= 0.6 is 22.9 Å². The van der Waals surface area contributed by atoms with Gasteiger partial charge in [0.15, 0.2) is 6.61 Å². The molecule has 8 heteroatoms. The summed E-state index contributed by atoms with van der Waals surface area (Å²) in [7, 11) is 0. The summed E-state index contributed by atoms with van der Waals surface area (Å²) in [4.78, 5) is 36.8. The summed E-state index contributed by atoms with van der Waals surface area (Å²) < 4.78 is 5.15. The number of esters is 1. The molecule has 0 spiro atoms. The van der Waals surface area contributed by atoms with E-state index in [1.165, 1.54) is 18.3 Å². The number of rotatable bonds is 6. The Morgan fingerprint density at radius 2 is 1.96 bits per heavy atom. The summed E-state index contributed by atoms with van der Waals surface area (Å²) in [6.07, 6.45) is 0. The normalized spacial score (nSPS) is 11.6. The van der Waals surface area contributed by atoms with E-state index in [1.807, 2.05) is 19.9 Å². The van der Waals surface area contributed by atoms with Crippen LogP contribution in [0.25, 0.3) is 0 Å². The highest BCUT2D eigenvalue weighted by Crippen LogP contribution is 2.33. The van der Waals surface area contributed by atoms with Gasteiger partial charge in [0.25, 0.3) is 5.91 Å². The lowest BCUT2D eigenvalue weighted by Crippen LogP contribution is -2.31. The molecule has 0 bridgehead atoms. The van der Waals surface area contributed by atoms with Crippen molar-refractivity contribution in [2.24, 2.45) is 0 Å². The van der Waals surface area contributed by atoms with E-state index in [1.54, 1.807) is 25.1 Å². The van der Waals surface area contributed by atoms with Crippen molar-refractivity contribution in [2.75, 3.05) is 11.9 Å². The zero-order valence-corrected chi connectivity index (χ0v) is 17.1. The van der Waals surface area contributed by atoms with Gasteiger partial charge >= 0.3 is 5.97 Å². The first-order chi connectivity index (χ1) is 12.7. The third-order valence-corrected chi connectivity index (χ3v) is 5.30. The van der Waals surface area contributed by atoms with Crippen molar-refractivity contribution in [2.45, 2.75) is 33.7 Å². The largest absolute Gasteiger partial charge is 0.452 e. The number of hydrogen-bond donors (Lipinski definition) is 2. The molecule has 2 aromatic rings. The molecule has 2 rings (SSSR count). The number of hydrogen-bond acceptors (Lipinski definition) is 5. The number of anilines is 1. The first-order valence-corrected chi connectivity index (χ1v) is 9.48. The van der Waals surface area contributed by atoms with Crippen molar-refractivity contribution < 1.29 is 19.1 Å². The molecule has 2 amide bonds. The summed E-state index contributed by atoms with van der Waals surface area (Å²) in [6, 6.07) is 6.87. The number of nitrogens with one attached hydrogen (secondary N) is 2. The maximum absolute atomic E-state index is 12.4. The fourth-order valence-electron chi connectivity index (χ4n) is 2.47. The number of benzene rings is 1. The van der Waals surface area contributed by atoms with E-state index >= 15 is 0 Å². The van der Waals surface area contributed by atoms with Gasteiger partial charge in [0, 0.05) is 16.8 Å². The Morgan fingerprint density at radius 1 is 1.26 bits per heavy atom. The van der Waals surface area contributed by atoms with Crippen molar-refractivity contribution in [1.29, 1.82) is 0 Å². The number of thiophene rings is 1. The molecule has 0 aliphatic rings. The van der Waals surface area contributed by atoms with Gasteiger partial charge in [-0.2, -0.15) is 0 Å². The van der Waals surface area contributed by atoms with E-state index in [-0.39, 0.29) is 17.5 Å². The third-order valence-electron chi connectivity index (χ3n) is 3.94. The molecular formula is C19H21ClN2O4S. The second-order valence-corrected chi connectivity index (χ2v) is 7.75. The van der Waals surface area contributed by atoms with Gasteiger partial charge in [-0.25, -0.2) is 4.79 Å². The number of carbonyl (C=O) groups excluding carboxylic acids is 3. The third kappa shape index (κ3) is 5.55. The predicted molar refractivity (Wildman–Crippen MR) is 106 cm³/mol. The molecular weight excluding hydrogens is 388 g/mol. The average molecular weight is 409 g/mol. The molecule has 0 saturated carbocycles. The number of amides is 2. The standard InChI is InChI=1S/C19H21ClN2O4S/c1-10-12(3)27-18(22-13(4)23)17(10)19(25)26-9-16(24)21-11(2)14-6-5-7-15(20)8-14/h5-8,11H,9H2,1-4H3,(H,21,24)(H,22,23)/t11-/m0/s1. The maximum atomic E-state index is 12.4. The number of halogens is 1. The summed E-state index contributed by atoms with van der Waals surface area (Å²) in [5.74, 6) is -1.36. The van der Waals surface area contributed by atoms with Crippen LogP contribution in [0.2, 0.25) is 5.02 Å². The second-order valence-electron chi connectivity index (χ2n) is 6.09. The first-order valence-electron chi connectivity index (χ1n) is 8.28. The minimum Gasteiger partial charge on any atom is -0.452 e. The number of aryl methyl sites for hydroxylation is 1. The van der Waals surface area contributed by atoms with Gasteiger partial charge in [-0.1, -0.05) is 23.7 Å². The molecule has 2 N–H and O–H groups in total. The van der Waals surface area contributed by atoms with Crippen LogP contribution in [0.15, 0.2) is 24.3 Å². The molecule has 0 fully saturated rings. The molecule has 0 unspecified atom stereocenters. The minimum absolute atomic E-state index is 0.279. The molecule has 1 aromatic heterocycles. The van der Waals surface area contributed by atoms with Crippen molar-refractivity contribution >= 4 is 45.7 Å². The van der Waals surface area contributed by atoms with Crippen molar-refractivity contribution in [3.8, 4) is 0 Å². The summed E-state index contributed by atoms with van der Waals surface area (Å²) in [5, 5.41) is 6.39. The van der Waals surface area contributed by atoms with Crippen LogP contribution < -0.4 is 10.6 Å². The molecule has 144 valence electrons. The van der Waals surface area contributed by atoms with E-state index in [0.29, 0.717) is 10.0 Å². The Balaban J connectivity index is 1.99. The van der Waals surface area contributed by atoms with E-state index in [0.717, 1.165) is 16.0 Å². The Labute approximate surface area is 166 Å². The van der Waals surface area contributed by atoms with E-state index in [2.05, 4.69) is 10.6 Å². The molecule has 1 heterocycles. The fraction of sp³-hybridized carbons (Fsp3) is 0.316. The molecule has 0 aliphatic carbocycles. The zero-order valence-electron chi connectivity index (χ0n) is 15.5. The molecule has 0 saturated heterocycles. The highest BCUT2D eigenvalue weighted by Gasteiger charge is 2.22. The van der Waals surface area contributed by atoms with Crippen molar-refractivity contribution in [3.63, 3.8) is 0 Å². The monoisotopic (exact) mass is 408 g/mol. The van der Waals surface area contributed by atoms with Crippen molar-refractivity contribution in [3.05, 3.63) is 50.9 Å². The minimum atomic E-state index is -0.647. The van der Waals surface area contributed by atoms with Crippen molar-refractivity contribution in [1.82, 2.24) is 5.32 Å². The van der Waals surface area contributed by atoms with Gasteiger partial charge < -0.3 is 15.4 Å². The first kappa shape index (κ1) is 20.9. The summed E-state index contributed by atoms with van der Waals surface area (Å²) in [5.41, 5.74) is 1.85. The van der Waals surface area contributed by atoms with E-state index in [4.69, 9.17) is 16.3 Å². The number of ether oxygens (including phenoxy) is 1. The zero-order chi connectivity index (χ0) is 20.1. The predicted octanol–water partition coefficient (Wildman–Crippen LogP) is 4.01. The van der Waals surface area contributed by atoms with Crippen LogP contribution in [0.4, 0.5) is 5.00 Å². The average Bonchev–Trinajstić information content (AvgIpc) is 2.86. The highest BCUT2D eigenvalue weighted by molar-refractivity contribution is 7.16. The molecule has 27 heavy (non-hydrogen) atoms. The topological polar surface area (TPSA) is 84.5 Å². The van der Waals surface area contributed by atoms with Crippen LogP contribution in [0.5, 0.6) is 0 Å². The summed E-state index contributed by atoms with van der Waals surface area (Å²) in [6.45, 7) is 6.38. The van der Waals surface area contributed by atoms with Crippen LogP contribution in [-0.2, 0) is 14.3 Å². The second kappa shape index (κ2) is 9.01. The molecule has 6 nitrogen and oxygen atoms in total. The van der Waals surface area contributed by atoms with Gasteiger partial charge in [0.2, 0.25) is 5.91 Å². The van der Waals surface area contributed by atoms with Crippen LogP contribution in [0.1, 0.15) is 46.3 Å². The van der Waals surface area contributed by atoms with Gasteiger partial charge in [-0.05, 0) is 44.0 Å². The molecule has 0 radical (unpaired) electrons. The maximum Gasteiger partial charge on any atom is 0.341 e.